The zero-order valence-electron chi connectivity index (χ0n) is 20.9. The van der Waals surface area contributed by atoms with Crippen LogP contribution in [0.3, 0.4) is 0 Å². The molecule has 0 unspecified atom stereocenters. The molecule has 9 nitrogen and oxygen atoms in total. The minimum atomic E-state index is -4.00. The minimum absolute atomic E-state index is 0.168. The number of para-hydroxylation sites is 2. The molecule has 0 spiro atoms. The molecule has 0 radical (unpaired) electrons. The summed E-state index contributed by atoms with van der Waals surface area (Å²) < 4.78 is 60.2. The number of hydrogen-bond acceptors (Lipinski definition) is 8. The molecule has 36 heavy (non-hydrogen) atoms. The lowest BCUT2D eigenvalue weighted by Gasteiger charge is -2.27. The Kier molecular flexibility index (Phi) is 5.39. The van der Waals surface area contributed by atoms with E-state index in [1.54, 1.807) is 42.5 Å². The van der Waals surface area contributed by atoms with E-state index in [9.17, 15) is 8.42 Å². The van der Waals surface area contributed by atoms with Crippen molar-refractivity contribution in [2.24, 2.45) is 0 Å². The van der Waals surface area contributed by atoms with Crippen LogP contribution in [0.15, 0.2) is 53.4 Å². The fourth-order valence-corrected chi connectivity index (χ4v) is 6.78. The van der Waals surface area contributed by atoms with Crippen LogP contribution in [0.5, 0.6) is 0 Å². The Morgan fingerprint density at radius 3 is 2.28 bits per heavy atom. The molecule has 3 aliphatic heterocycles. The number of nitrogens with zero attached hydrogens (tertiary/aromatic N) is 2. The van der Waals surface area contributed by atoms with E-state index < -0.39 is 52.1 Å². The fourth-order valence-electron chi connectivity index (χ4n) is 5.28. The summed E-state index contributed by atoms with van der Waals surface area (Å²) in [5.74, 6) is -1.38. The Bertz CT molecular complexity index is 1410. The average molecular weight is 515 g/mol. The third-order valence-electron chi connectivity index (χ3n) is 6.84. The molecule has 3 aromatic rings. The standard InChI is InChI=1S/C26H30N2O7S/c1-15-10-12-16(13-11-15)36(29,30)28-18-9-7-6-8-17(18)27-24(28)23-22-21(34-26(4,5)35-22)20(32-23)19-14-31-25(2,3)33-19/h6-13,19-23H,14H2,1-5H3/t19-,20-,21+,22+,23+/m1/s1. The highest BCUT2D eigenvalue weighted by atomic mass is 32.2. The van der Waals surface area contributed by atoms with Crippen molar-refractivity contribution >= 4 is 21.1 Å². The molecule has 0 aliphatic carbocycles. The predicted molar refractivity (Wildman–Crippen MR) is 130 cm³/mol. The van der Waals surface area contributed by atoms with E-state index in [1.807, 2.05) is 40.7 Å². The lowest BCUT2D eigenvalue weighted by Crippen LogP contribution is -2.40. The van der Waals surface area contributed by atoms with Gasteiger partial charge in [-0.05, 0) is 58.9 Å². The molecule has 6 rings (SSSR count). The van der Waals surface area contributed by atoms with Gasteiger partial charge in [0.15, 0.2) is 17.4 Å². The maximum Gasteiger partial charge on any atom is 0.269 e. The molecule has 0 N–H and O–H groups in total. The van der Waals surface area contributed by atoms with Gasteiger partial charge in [0.25, 0.3) is 10.0 Å². The predicted octanol–water partition coefficient (Wildman–Crippen LogP) is 3.69. The summed E-state index contributed by atoms with van der Waals surface area (Å²) in [6, 6.07) is 13.9. The first-order chi connectivity index (χ1) is 17.0. The first-order valence-electron chi connectivity index (χ1n) is 12.1. The van der Waals surface area contributed by atoms with Crippen LogP contribution in [0.2, 0.25) is 0 Å². The molecule has 0 amide bonds. The van der Waals surface area contributed by atoms with E-state index in [1.165, 1.54) is 3.97 Å². The van der Waals surface area contributed by atoms with Gasteiger partial charge < -0.3 is 23.7 Å². The molecule has 3 aliphatic rings. The molecule has 2 aromatic carbocycles. The number of hydrogen-bond donors (Lipinski definition) is 0. The van der Waals surface area contributed by atoms with Crippen LogP contribution >= 0.6 is 0 Å². The maximum atomic E-state index is 14.0. The Balaban J connectivity index is 1.48. The molecule has 0 bridgehead atoms. The van der Waals surface area contributed by atoms with Crippen molar-refractivity contribution in [3.8, 4) is 0 Å². The number of fused-ring (bicyclic) bond motifs is 2. The van der Waals surface area contributed by atoms with Crippen molar-refractivity contribution in [3.63, 3.8) is 0 Å². The maximum absolute atomic E-state index is 14.0. The average Bonchev–Trinajstić information content (AvgIpc) is 3.53. The lowest BCUT2D eigenvalue weighted by molar-refractivity contribution is -0.208. The zero-order chi connectivity index (χ0) is 25.5. The van der Waals surface area contributed by atoms with Gasteiger partial charge in [0.05, 0.1) is 22.5 Å². The van der Waals surface area contributed by atoms with Crippen LogP contribution in [0.4, 0.5) is 0 Å². The van der Waals surface area contributed by atoms with Crippen LogP contribution < -0.4 is 0 Å². The minimum Gasteiger partial charge on any atom is -0.359 e. The highest BCUT2D eigenvalue weighted by Gasteiger charge is 2.60. The normalized spacial score (nSPS) is 31.2. The van der Waals surface area contributed by atoms with Crippen molar-refractivity contribution in [1.29, 1.82) is 0 Å². The molecule has 192 valence electrons. The van der Waals surface area contributed by atoms with Crippen molar-refractivity contribution in [1.82, 2.24) is 8.96 Å². The van der Waals surface area contributed by atoms with E-state index in [2.05, 4.69) is 0 Å². The quantitative estimate of drug-likeness (QED) is 0.520. The Labute approximate surface area is 210 Å². The van der Waals surface area contributed by atoms with Crippen LogP contribution in [0, 0.1) is 6.92 Å². The molecule has 10 heteroatoms. The van der Waals surface area contributed by atoms with E-state index in [4.69, 9.17) is 28.7 Å². The summed E-state index contributed by atoms with van der Waals surface area (Å²) in [4.78, 5) is 4.92. The highest BCUT2D eigenvalue weighted by molar-refractivity contribution is 7.90. The van der Waals surface area contributed by atoms with Gasteiger partial charge in [-0.25, -0.2) is 17.4 Å². The molecular weight excluding hydrogens is 484 g/mol. The summed E-state index contributed by atoms with van der Waals surface area (Å²) in [7, 11) is -4.00. The van der Waals surface area contributed by atoms with Gasteiger partial charge in [-0.1, -0.05) is 29.8 Å². The Morgan fingerprint density at radius 1 is 0.889 bits per heavy atom. The number of ether oxygens (including phenoxy) is 5. The molecule has 3 saturated heterocycles. The van der Waals surface area contributed by atoms with Gasteiger partial charge in [-0.3, -0.25) is 0 Å². The fraction of sp³-hybridized carbons (Fsp3) is 0.500. The summed E-state index contributed by atoms with van der Waals surface area (Å²) in [6.45, 7) is 9.61. The zero-order valence-corrected chi connectivity index (χ0v) is 21.7. The van der Waals surface area contributed by atoms with E-state index in [-0.39, 0.29) is 10.7 Å². The van der Waals surface area contributed by atoms with Gasteiger partial charge >= 0.3 is 0 Å². The SMILES string of the molecule is Cc1ccc(S(=O)(=O)n2c([C@H]3O[C@H]([C@H]4COC(C)(C)O4)[C@@H]4OC(C)(C)O[C@@H]43)nc3ccccc32)cc1. The third-order valence-corrected chi connectivity index (χ3v) is 8.58. The molecule has 4 heterocycles. The summed E-state index contributed by atoms with van der Waals surface area (Å²) in [5, 5.41) is 0. The van der Waals surface area contributed by atoms with Gasteiger partial charge in [0.1, 0.15) is 30.5 Å². The Hall–Kier alpha value is -2.34. The molecule has 0 saturated carbocycles. The molecule has 1 aromatic heterocycles. The summed E-state index contributed by atoms with van der Waals surface area (Å²) in [6.07, 6.45) is -2.80. The monoisotopic (exact) mass is 514 g/mol. The first kappa shape index (κ1) is 24.0. The van der Waals surface area contributed by atoms with E-state index in [0.717, 1.165) is 5.56 Å². The van der Waals surface area contributed by atoms with Gasteiger partial charge in [0.2, 0.25) is 0 Å². The number of aryl methyl sites for hydroxylation is 1. The third kappa shape index (κ3) is 3.87. The Morgan fingerprint density at radius 2 is 1.58 bits per heavy atom. The van der Waals surface area contributed by atoms with Gasteiger partial charge in [0, 0.05) is 0 Å². The lowest BCUT2D eigenvalue weighted by atomic mass is 10.0. The largest absolute Gasteiger partial charge is 0.359 e. The molecule has 3 fully saturated rings. The molecular formula is C26H30N2O7S. The highest BCUT2D eigenvalue weighted by Crippen LogP contribution is 2.48. The van der Waals surface area contributed by atoms with Crippen LogP contribution in [0.25, 0.3) is 11.0 Å². The van der Waals surface area contributed by atoms with E-state index in [0.29, 0.717) is 17.6 Å². The first-order valence-corrected chi connectivity index (χ1v) is 13.5. The van der Waals surface area contributed by atoms with E-state index >= 15 is 0 Å². The van der Waals surface area contributed by atoms with Crippen LogP contribution in [-0.4, -0.2) is 60.0 Å². The number of aromatic nitrogens is 2. The summed E-state index contributed by atoms with van der Waals surface area (Å²) >= 11 is 0. The van der Waals surface area contributed by atoms with Crippen molar-refractivity contribution in [2.75, 3.05) is 6.61 Å². The van der Waals surface area contributed by atoms with Crippen LogP contribution in [0.1, 0.15) is 45.2 Å². The second-order valence-corrected chi connectivity index (χ2v) is 12.3. The number of imidazole rings is 1. The second kappa shape index (κ2) is 8.08. The molecule has 5 atom stereocenters. The summed E-state index contributed by atoms with van der Waals surface area (Å²) in [5.41, 5.74) is 1.98. The second-order valence-electron chi connectivity index (χ2n) is 10.5. The van der Waals surface area contributed by atoms with Gasteiger partial charge in [-0.2, -0.15) is 0 Å². The number of benzene rings is 2. The van der Waals surface area contributed by atoms with Gasteiger partial charge in [-0.15, -0.1) is 0 Å². The topological polar surface area (TPSA) is 98.1 Å². The van der Waals surface area contributed by atoms with Crippen molar-refractivity contribution in [3.05, 3.63) is 59.9 Å². The van der Waals surface area contributed by atoms with Crippen molar-refractivity contribution < 1.29 is 32.1 Å². The van der Waals surface area contributed by atoms with Crippen LogP contribution in [-0.2, 0) is 33.7 Å². The van der Waals surface area contributed by atoms with Crippen molar-refractivity contribution in [2.45, 2.75) is 81.6 Å². The number of rotatable bonds is 4. The smallest absolute Gasteiger partial charge is 0.269 e.